The van der Waals surface area contributed by atoms with Gasteiger partial charge in [-0.15, -0.1) is 0 Å². The molecule has 3 rings (SSSR count). The molecule has 3 amide bonds. The zero-order valence-electron chi connectivity index (χ0n) is 9.69. The summed E-state index contributed by atoms with van der Waals surface area (Å²) >= 11 is 4.10. The SMILES string of the molecule is CN1C(=O)C(=C2SC(=O)NC2=O)c2cc(Br)ccc21. The summed E-state index contributed by atoms with van der Waals surface area (Å²) in [5.74, 6) is -0.792. The van der Waals surface area contributed by atoms with Gasteiger partial charge in [-0.3, -0.25) is 19.7 Å². The Kier molecular flexibility index (Phi) is 2.75. The Hall–Kier alpha value is -1.60. The highest BCUT2D eigenvalue weighted by Crippen LogP contribution is 2.42. The molecule has 0 bridgehead atoms. The molecule has 2 heterocycles. The van der Waals surface area contributed by atoms with E-state index in [2.05, 4.69) is 21.2 Å². The number of fused-ring (bicyclic) bond motifs is 1. The van der Waals surface area contributed by atoms with Crippen molar-refractivity contribution >= 4 is 56.0 Å². The lowest BCUT2D eigenvalue weighted by molar-refractivity contribution is -0.116. The quantitative estimate of drug-likeness (QED) is 0.736. The van der Waals surface area contributed by atoms with E-state index >= 15 is 0 Å². The Morgan fingerprint density at radius 2 is 2.00 bits per heavy atom. The molecular formula is C12H7BrN2O3S. The average Bonchev–Trinajstić information content (AvgIpc) is 2.78. The number of anilines is 1. The summed E-state index contributed by atoms with van der Waals surface area (Å²) in [6, 6.07) is 5.39. The summed E-state index contributed by atoms with van der Waals surface area (Å²) in [6.45, 7) is 0. The molecule has 0 saturated carbocycles. The topological polar surface area (TPSA) is 66.5 Å². The second kappa shape index (κ2) is 4.21. The van der Waals surface area contributed by atoms with E-state index in [-0.39, 0.29) is 16.4 Å². The lowest BCUT2D eigenvalue weighted by atomic mass is 10.1. The summed E-state index contributed by atoms with van der Waals surface area (Å²) in [5, 5.41) is 1.72. The van der Waals surface area contributed by atoms with Crippen LogP contribution in [-0.2, 0) is 9.59 Å². The van der Waals surface area contributed by atoms with Crippen molar-refractivity contribution in [2.75, 3.05) is 11.9 Å². The lowest BCUT2D eigenvalue weighted by Crippen LogP contribution is -2.22. The molecule has 7 heteroatoms. The van der Waals surface area contributed by atoms with Crippen LogP contribution in [0.5, 0.6) is 0 Å². The standard InChI is InChI=1S/C12H7BrN2O3S/c1-15-7-3-2-5(13)4-6(7)8(11(15)17)9-10(16)14-12(18)19-9/h2-4H,1H3,(H,14,16,18). The van der Waals surface area contributed by atoms with E-state index in [0.717, 1.165) is 21.9 Å². The van der Waals surface area contributed by atoms with Gasteiger partial charge in [-0.1, -0.05) is 15.9 Å². The van der Waals surface area contributed by atoms with Gasteiger partial charge in [-0.2, -0.15) is 0 Å². The number of carbonyl (C=O) groups is 3. The van der Waals surface area contributed by atoms with Crippen molar-refractivity contribution in [3.63, 3.8) is 0 Å². The summed E-state index contributed by atoms with van der Waals surface area (Å²) in [7, 11) is 1.64. The number of halogens is 1. The maximum Gasteiger partial charge on any atom is 0.290 e. The minimum absolute atomic E-state index is 0.165. The highest BCUT2D eigenvalue weighted by atomic mass is 79.9. The number of amides is 3. The van der Waals surface area contributed by atoms with Crippen molar-refractivity contribution < 1.29 is 14.4 Å². The lowest BCUT2D eigenvalue weighted by Gasteiger charge is -2.08. The minimum Gasteiger partial charge on any atom is -0.311 e. The summed E-state index contributed by atoms with van der Waals surface area (Å²) in [4.78, 5) is 36.9. The first kappa shape index (κ1) is 12.4. The van der Waals surface area contributed by atoms with Gasteiger partial charge < -0.3 is 4.90 Å². The third-order valence-corrected chi connectivity index (χ3v) is 4.33. The van der Waals surface area contributed by atoms with Crippen LogP contribution in [0.15, 0.2) is 27.6 Å². The molecule has 1 fully saturated rings. The van der Waals surface area contributed by atoms with Gasteiger partial charge in [-0.25, -0.2) is 0 Å². The first-order valence-corrected chi connectivity index (χ1v) is 6.95. The fourth-order valence-electron chi connectivity index (χ4n) is 2.09. The number of likely N-dealkylation sites (N-methyl/N-ethyl adjacent to an activating group) is 1. The van der Waals surface area contributed by atoms with E-state index in [1.807, 2.05) is 6.07 Å². The molecule has 0 aromatic heterocycles. The van der Waals surface area contributed by atoms with E-state index < -0.39 is 11.1 Å². The third kappa shape index (κ3) is 1.81. The van der Waals surface area contributed by atoms with Gasteiger partial charge in [0.1, 0.15) is 0 Å². The Labute approximate surface area is 121 Å². The zero-order valence-corrected chi connectivity index (χ0v) is 12.1. The van der Waals surface area contributed by atoms with Crippen molar-refractivity contribution in [3.8, 4) is 0 Å². The van der Waals surface area contributed by atoms with Crippen molar-refractivity contribution in [1.82, 2.24) is 5.32 Å². The van der Waals surface area contributed by atoms with Crippen LogP contribution in [0.1, 0.15) is 5.56 Å². The second-order valence-electron chi connectivity index (χ2n) is 4.07. The van der Waals surface area contributed by atoms with Crippen LogP contribution >= 0.6 is 27.7 Å². The Morgan fingerprint density at radius 3 is 2.63 bits per heavy atom. The molecule has 0 spiro atoms. The molecule has 0 aliphatic carbocycles. The van der Waals surface area contributed by atoms with E-state index in [9.17, 15) is 14.4 Å². The molecule has 1 N–H and O–H groups in total. The van der Waals surface area contributed by atoms with E-state index in [4.69, 9.17) is 0 Å². The van der Waals surface area contributed by atoms with Crippen LogP contribution in [-0.4, -0.2) is 24.1 Å². The number of imide groups is 1. The number of thioether (sulfide) groups is 1. The summed E-state index contributed by atoms with van der Waals surface area (Å²) in [5.41, 5.74) is 1.67. The monoisotopic (exact) mass is 338 g/mol. The number of rotatable bonds is 0. The Morgan fingerprint density at radius 1 is 1.26 bits per heavy atom. The van der Waals surface area contributed by atoms with Gasteiger partial charge in [0, 0.05) is 17.1 Å². The molecule has 1 aromatic rings. The fraction of sp³-hybridized carbons (Fsp3) is 0.0833. The van der Waals surface area contributed by atoms with Gasteiger partial charge in [0.05, 0.1) is 16.2 Å². The number of hydrogen-bond acceptors (Lipinski definition) is 4. The summed E-state index contributed by atoms with van der Waals surface area (Å²) in [6.07, 6.45) is 0. The predicted octanol–water partition coefficient (Wildman–Crippen LogP) is 2.12. The first-order valence-electron chi connectivity index (χ1n) is 5.34. The Balaban J connectivity index is 2.27. The van der Waals surface area contributed by atoms with Crippen LogP contribution < -0.4 is 10.2 Å². The molecule has 1 saturated heterocycles. The molecule has 0 radical (unpaired) electrons. The van der Waals surface area contributed by atoms with E-state index in [1.54, 1.807) is 19.2 Å². The van der Waals surface area contributed by atoms with Crippen LogP contribution in [0, 0.1) is 0 Å². The van der Waals surface area contributed by atoms with Crippen LogP contribution in [0.4, 0.5) is 10.5 Å². The van der Waals surface area contributed by atoms with Gasteiger partial charge in [0.25, 0.3) is 17.1 Å². The Bertz CT molecular complexity index is 684. The first-order chi connectivity index (χ1) is 8.99. The second-order valence-corrected chi connectivity index (χ2v) is 5.97. The molecule has 2 aliphatic heterocycles. The van der Waals surface area contributed by atoms with Gasteiger partial charge >= 0.3 is 0 Å². The zero-order chi connectivity index (χ0) is 13.7. The van der Waals surface area contributed by atoms with Crippen LogP contribution in [0.3, 0.4) is 0 Å². The molecule has 5 nitrogen and oxygen atoms in total. The number of nitrogens with zero attached hydrogens (tertiary/aromatic N) is 1. The molecule has 1 aromatic carbocycles. The van der Waals surface area contributed by atoms with E-state index in [1.165, 1.54) is 4.90 Å². The maximum atomic E-state index is 12.3. The fourth-order valence-corrected chi connectivity index (χ4v) is 3.22. The smallest absolute Gasteiger partial charge is 0.290 e. The van der Waals surface area contributed by atoms with Gasteiger partial charge in [0.15, 0.2) is 0 Å². The van der Waals surface area contributed by atoms with Crippen molar-refractivity contribution in [3.05, 3.63) is 33.1 Å². The largest absolute Gasteiger partial charge is 0.311 e. The number of nitrogens with one attached hydrogen (secondary N) is 1. The van der Waals surface area contributed by atoms with Crippen molar-refractivity contribution in [2.45, 2.75) is 0 Å². The van der Waals surface area contributed by atoms with Gasteiger partial charge in [0.2, 0.25) is 0 Å². The van der Waals surface area contributed by atoms with E-state index in [0.29, 0.717) is 5.56 Å². The summed E-state index contributed by atoms with van der Waals surface area (Å²) < 4.78 is 0.808. The predicted molar refractivity (Wildman–Crippen MR) is 75.6 cm³/mol. The van der Waals surface area contributed by atoms with Crippen molar-refractivity contribution in [1.29, 1.82) is 0 Å². The molecular weight excluding hydrogens is 332 g/mol. The molecule has 0 unspecified atom stereocenters. The van der Waals surface area contributed by atoms with Crippen LogP contribution in [0.2, 0.25) is 0 Å². The molecule has 96 valence electrons. The van der Waals surface area contributed by atoms with Crippen molar-refractivity contribution in [2.24, 2.45) is 0 Å². The molecule has 0 atom stereocenters. The maximum absolute atomic E-state index is 12.3. The highest BCUT2D eigenvalue weighted by Gasteiger charge is 2.38. The molecule has 19 heavy (non-hydrogen) atoms. The third-order valence-electron chi connectivity index (χ3n) is 2.95. The number of benzene rings is 1. The highest BCUT2D eigenvalue weighted by molar-refractivity contribution is 9.10. The van der Waals surface area contributed by atoms with Gasteiger partial charge in [-0.05, 0) is 30.0 Å². The number of hydrogen-bond donors (Lipinski definition) is 1. The average molecular weight is 339 g/mol. The number of carbonyl (C=O) groups excluding carboxylic acids is 3. The van der Waals surface area contributed by atoms with Crippen LogP contribution in [0.25, 0.3) is 5.57 Å². The molecule has 2 aliphatic rings. The minimum atomic E-state index is -0.514. The normalized spacial score (nSPS) is 22.0.